The molecule has 0 fully saturated rings. The number of benzene rings is 2. The zero-order chi connectivity index (χ0) is 16.4. The number of aliphatic hydroxyl groups excluding tert-OH is 1. The normalized spacial score (nSPS) is 12.5. The monoisotopic (exact) mass is 311 g/mol. The summed E-state index contributed by atoms with van der Waals surface area (Å²) in [6.45, 7) is 4.86. The molecule has 0 unspecified atom stereocenters. The third-order valence-electron chi connectivity index (χ3n) is 4.33. The Hall–Kier alpha value is -2.33. The number of hydrogen-bond acceptors (Lipinski definition) is 2. The highest BCUT2D eigenvalue weighted by atomic mass is 16.5. The van der Waals surface area contributed by atoms with Gasteiger partial charge in [-0.05, 0) is 30.7 Å². The van der Waals surface area contributed by atoms with E-state index in [4.69, 9.17) is 4.74 Å². The van der Waals surface area contributed by atoms with Crippen molar-refractivity contribution < 1.29 is 14.4 Å². The summed E-state index contributed by atoms with van der Waals surface area (Å²) in [7, 11) is 2.05. The van der Waals surface area contributed by atoms with Gasteiger partial charge in [0.2, 0.25) is 0 Å². The molecule has 0 saturated carbocycles. The van der Waals surface area contributed by atoms with Crippen molar-refractivity contribution in [2.24, 2.45) is 7.05 Å². The Morgan fingerprint density at radius 3 is 2.57 bits per heavy atom. The van der Waals surface area contributed by atoms with E-state index in [2.05, 4.69) is 28.2 Å². The molecule has 3 aromatic rings. The second-order valence-electron chi connectivity index (χ2n) is 5.94. The van der Waals surface area contributed by atoms with Crippen molar-refractivity contribution in [3.05, 3.63) is 59.9 Å². The first-order valence-electron chi connectivity index (χ1n) is 7.88. The van der Waals surface area contributed by atoms with Gasteiger partial charge in [0, 0.05) is 6.92 Å². The van der Waals surface area contributed by atoms with Gasteiger partial charge in [-0.2, -0.15) is 0 Å². The molecule has 0 amide bonds. The molecule has 3 rings (SSSR count). The summed E-state index contributed by atoms with van der Waals surface area (Å²) in [6, 6.07) is 16.1. The van der Waals surface area contributed by atoms with Gasteiger partial charge in [-0.15, -0.1) is 0 Å². The van der Waals surface area contributed by atoms with E-state index in [0.29, 0.717) is 6.54 Å². The topological polar surface area (TPSA) is 38.3 Å². The molecule has 1 heterocycles. The van der Waals surface area contributed by atoms with Crippen LogP contribution in [0.5, 0.6) is 5.75 Å². The summed E-state index contributed by atoms with van der Waals surface area (Å²) in [5, 5.41) is 10.4. The Morgan fingerprint density at radius 2 is 1.78 bits per heavy atom. The zero-order valence-electron chi connectivity index (χ0n) is 13.9. The fourth-order valence-corrected chi connectivity index (χ4v) is 2.90. The molecular weight excluding hydrogens is 288 g/mol. The molecule has 4 heteroatoms. The molecule has 0 saturated heterocycles. The molecule has 0 aliphatic heterocycles. The maximum absolute atomic E-state index is 10.4. The molecule has 1 N–H and O–H groups in total. The van der Waals surface area contributed by atoms with Crippen LogP contribution in [-0.4, -0.2) is 22.4 Å². The van der Waals surface area contributed by atoms with Gasteiger partial charge in [-0.25, -0.2) is 9.13 Å². The Balaban J connectivity index is 1.75. The molecule has 23 heavy (non-hydrogen) atoms. The van der Waals surface area contributed by atoms with Crippen LogP contribution in [0.4, 0.5) is 0 Å². The van der Waals surface area contributed by atoms with Crippen LogP contribution in [0.15, 0.2) is 48.5 Å². The molecule has 0 spiro atoms. The van der Waals surface area contributed by atoms with E-state index in [-0.39, 0.29) is 6.61 Å². The minimum Gasteiger partial charge on any atom is -0.490 e. The van der Waals surface area contributed by atoms with E-state index >= 15 is 0 Å². The highest BCUT2D eigenvalue weighted by Crippen LogP contribution is 2.17. The van der Waals surface area contributed by atoms with E-state index in [0.717, 1.165) is 28.2 Å². The van der Waals surface area contributed by atoms with Crippen molar-refractivity contribution in [2.45, 2.75) is 26.5 Å². The molecule has 120 valence electrons. The number of para-hydroxylation sites is 3. The number of imidazole rings is 1. The molecule has 0 aliphatic carbocycles. The molecule has 4 nitrogen and oxygen atoms in total. The Bertz CT molecular complexity index is 823. The standard InChI is InChI=1S/C19H23N2O2/c1-14-8-4-7-11-19(14)23-13-16(22)12-21-15(2)20(3)17-9-5-6-10-18(17)21/h4-11,16,22H,12-13H2,1-3H3/q+1/t16-/m1/s1. The molecular formula is C19H23N2O2+. The third kappa shape index (κ3) is 3.08. The van der Waals surface area contributed by atoms with Crippen LogP contribution >= 0.6 is 0 Å². The summed E-state index contributed by atoms with van der Waals surface area (Å²) in [5.74, 6) is 1.94. The lowest BCUT2D eigenvalue weighted by Gasteiger charge is -2.13. The number of rotatable bonds is 5. The van der Waals surface area contributed by atoms with Gasteiger partial charge in [-0.3, -0.25) is 0 Å². The van der Waals surface area contributed by atoms with Gasteiger partial charge in [0.25, 0.3) is 5.82 Å². The van der Waals surface area contributed by atoms with Crippen molar-refractivity contribution >= 4 is 11.0 Å². The second kappa shape index (κ2) is 6.42. The highest BCUT2D eigenvalue weighted by Gasteiger charge is 2.21. The first-order valence-corrected chi connectivity index (χ1v) is 7.88. The lowest BCUT2D eigenvalue weighted by molar-refractivity contribution is -0.652. The number of aromatic nitrogens is 2. The molecule has 0 bridgehead atoms. The van der Waals surface area contributed by atoms with Crippen molar-refractivity contribution in [1.82, 2.24) is 4.57 Å². The third-order valence-corrected chi connectivity index (χ3v) is 4.33. The average Bonchev–Trinajstić information content (AvgIpc) is 2.80. The number of aryl methyl sites for hydroxylation is 2. The number of aliphatic hydroxyl groups is 1. The molecule has 2 aromatic carbocycles. The van der Waals surface area contributed by atoms with Crippen LogP contribution in [0, 0.1) is 13.8 Å². The summed E-state index contributed by atoms with van der Waals surface area (Å²) in [4.78, 5) is 0. The van der Waals surface area contributed by atoms with E-state index in [1.54, 1.807) is 0 Å². The minimum absolute atomic E-state index is 0.278. The largest absolute Gasteiger partial charge is 0.490 e. The summed E-state index contributed by atoms with van der Waals surface area (Å²) >= 11 is 0. The summed E-state index contributed by atoms with van der Waals surface area (Å²) in [5.41, 5.74) is 3.37. The number of fused-ring (bicyclic) bond motifs is 1. The fraction of sp³-hybridized carbons (Fsp3) is 0.316. The van der Waals surface area contributed by atoms with E-state index in [9.17, 15) is 5.11 Å². The van der Waals surface area contributed by atoms with Crippen LogP contribution in [0.25, 0.3) is 11.0 Å². The van der Waals surface area contributed by atoms with Crippen molar-refractivity contribution in [1.29, 1.82) is 0 Å². The van der Waals surface area contributed by atoms with Gasteiger partial charge in [0.1, 0.15) is 25.0 Å². The van der Waals surface area contributed by atoms with Gasteiger partial charge in [-0.1, -0.05) is 30.3 Å². The van der Waals surface area contributed by atoms with Crippen molar-refractivity contribution in [3.63, 3.8) is 0 Å². The first kappa shape index (κ1) is 15.6. The zero-order valence-corrected chi connectivity index (χ0v) is 13.9. The Morgan fingerprint density at radius 1 is 1.09 bits per heavy atom. The average molecular weight is 311 g/mol. The molecule has 1 aromatic heterocycles. The van der Waals surface area contributed by atoms with Gasteiger partial charge < -0.3 is 9.84 Å². The smallest absolute Gasteiger partial charge is 0.254 e. The Labute approximate surface area is 136 Å². The van der Waals surface area contributed by atoms with Crippen LogP contribution < -0.4 is 9.30 Å². The van der Waals surface area contributed by atoms with Gasteiger partial charge >= 0.3 is 0 Å². The molecule has 0 radical (unpaired) electrons. The van der Waals surface area contributed by atoms with E-state index in [1.165, 1.54) is 0 Å². The first-order chi connectivity index (χ1) is 11.1. The maximum atomic E-state index is 10.4. The quantitative estimate of drug-likeness (QED) is 0.735. The molecule has 0 aliphatic rings. The molecule has 1 atom stereocenters. The van der Waals surface area contributed by atoms with Gasteiger partial charge in [0.15, 0.2) is 11.0 Å². The number of nitrogens with zero attached hydrogens (tertiary/aromatic N) is 2. The van der Waals surface area contributed by atoms with Crippen LogP contribution in [0.1, 0.15) is 11.4 Å². The predicted molar refractivity (Wildman–Crippen MR) is 90.5 cm³/mol. The lowest BCUT2D eigenvalue weighted by atomic mass is 10.2. The Kier molecular flexibility index (Phi) is 4.35. The lowest BCUT2D eigenvalue weighted by Crippen LogP contribution is -2.32. The predicted octanol–water partition coefficient (Wildman–Crippen LogP) is 2.52. The van der Waals surface area contributed by atoms with Crippen LogP contribution in [-0.2, 0) is 13.6 Å². The highest BCUT2D eigenvalue weighted by molar-refractivity contribution is 5.72. The van der Waals surface area contributed by atoms with Crippen molar-refractivity contribution in [2.75, 3.05) is 6.61 Å². The number of ether oxygens (including phenoxy) is 1. The SMILES string of the molecule is Cc1ccccc1OC[C@H](O)Cn1c(C)[n+](C)c2ccccc21. The maximum Gasteiger partial charge on any atom is 0.254 e. The number of hydrogen-bond donors (Lipinski definition) is 1. The minimum atomic E-state index is -0.566. The van der Waals surface area contributed by atoms with E-state index in [1.807, 2.05) is 50.4 Å². The summed E-state index contributed by atoms with van der Waals surface area (Å²) < 4.78 is 10.0. The van der Waals surface area contributed by atoms with E-state index < -0.39 is 6.10 Å². The van der Waals surface area contributed by atoms with Crippen molar-refractivity contribution in [3.8, 4) is 5.75 Å². The fourth-order valence-electron chi connectivity index (χ4n) is 2.90. The summed E-state index contributed by atoms with van der Waals surface area (Å²) in [6.07, 6.45) is -0.566. The van der Waals surface area contributed by atoms with Gasteiger partial charge in [0.05, 0.1) is 7.05 Å². The second-order valence-corrected chi connectivity index (χ2v) is 5.94. The van der Waals surface area contributed by atoms with Crippen LogP contribution in [0.2, 0.25) is 0 Å². The van der Waals surface area contributed by atoms with Crippen LogP contribution in [0.3, 0.4) is 0 Å².